The summed E-state index contributed by atoms with van der Waals surface area (Å²) in [6, 6.07) is 6.37. The molecule has 0 radical (unpaired) electrons. The van der Waals surface area contributed by atoms with Gasteiger partial charge in [0.05, 0.1) is 11.6 Å². The van der Waals surface area contributed by atoms with Gasteiger partial charge in [0, 0.05) is 30.2 Å². The maximum absolute atomic E-state index is 15.1. The van der Waals surface area contributed by atoms with Crippen molar-refractivity contribution in [2.24, 2.45) is 17.1 Å². The van der Waals surface area contributed by atoms with Crippen LogP contribution in [-0.4, -0.2) is 39.9 Å². The van der Waals surface area contributed by atoms with E-state index >= 15 is 4.39 Å². The van der Waals surface area contributed by atoms with Crippen LogP contribution in [0.5, 0.6) is 5.75 Å². The van der Waals surface area contributed by atoms with Crippen molar-refractivity contribution in [3.05, 3.63) is 58.4 Å². The first kappa shape index (κ1) is 20.4. The number of hydrogen-bond acceptors (Lipinski definition) is 6. The van der Waals surface area contributed by atoms with E-state index in [4.69, 9.17) is 10.8 Å². The third-order valence-electron chi connectivity index (χ3n) is 6.77. The smallest absolute Gasteiger partial charge is 0.449 e. The normalized spacial score (nSPS) is 24.3. The average molecular weight is 442 g/mol. The molecule has 10 heteroatoms. The van der Waals surface area contributed by atoms with Crippen molar-refractivity contribution < 1.29 is 23.4 Å². The predicted molar refractivity (Wildman–Crippen MR) is 112 cm³/mol. The minimum absolute atomic E-state index is 0.0362. The number of ether oxygens (including phenoxy) is 1. The van der Waals surface area contributed by atoms with Crippen LogP contribution in [0.3, 0.4) is 0 Å². The molecular weight excluding hydrogens is 422 g/mol. The highest BCUT2D eigenvalue weighted by Crippen LogP contribution is 2.51. The number of pyridine rings is 2. The molecule has 0 unspecified atom stereocenters. The second-order valence-corrected chi connectivity index (χ2v) is 8.63. The van der Waals surface area contributed by atoms with E-state index in [2.05, 4.69) is 16.6 Å². The van der Waals surface area contributed by atoms with Crippen LogP contribution in [-0.2, 0) is 0 Å². The monoisotopic (exact) mass is 442 g/mol. The first-order chi connectivity index (χ1) is 15.2. The maximum Gasteiger partial charge on any atom is 0.511 e. The Balaban J connectivity index is 1.70. The van der Waals surface area contributed by atoms with Gasteiger partial charge in [-0.1, -0.05) is 6.92 Å². The van der Waals surface area contributed by atoms with Gasteiger partial charge in [0.2, 0.25) is 5.43 Å². The Morgan fingerprint density at radius 1 is 1.31 bits per heavy atom. The molecule has 1 aliphatic carbocycles. The largest absolute Gasteiger partial charge is 0.511 e. The van der Waals surface area contributed by atoms with E-state index < -0.39 is 29.0 Å². The third kappa shape index (κ3) is 3.01. The third-order valence-corrected chi connectivity index (χ3v) is 6.77. The molecule has 2 fully saturated rings. The summed E-state index contributed by atoms with van der Waals surface area (Å²) in [6.07, 6.45) is 0.332. The Bertz CT molecular complexity index is 1310. The van der Waals surface area contributed by atoms with Crippen molar-refractivity contribution in [2.45, 2.75) is 19.4 Å². The summed E-state index contributed by atoms with van der Waals surface area (Å²) < 4.78 is 34.6. The van der Waals surface area contributed by atoms with E-state index in [1.54, 1.807) is 0 Å². The number of aromatic nitrogens is 2. The molecule has 0 amide bonds. The first-order valence-electron chi connectivity index (χ1n) is 10.1. The quantitative estimate of drug-likeness (QED) is 0.600. The summed E-state index contributed by atoms with van der Waals surface area (Å²) in [6.45, 7) is 3.21. The molecule has 0 bridgehead atoms. The highest BCUT2D eigenvalue weighted by atomic mass is 19.1. The topological polar surface area (TPSA) is 111 Å². The highest BCUT2D eigenvalue weighted by Gasteiger charge is 2.55. The highest BCUT2D eigenvalue weighted by molar-refractivity contribution is 5.81. The molecule has 3 N–H and O–H groups in total. The minimum atomic E-state index is -1.69. The van der Waals surface area contributed by atoms with Crippen LogP contribution in [0, 0.1) is 23.0 Å². The van der Waals surface area contributed by atoms with Crippen molar-refractivity contribution >= 4 is 23.0 Å². The zero-order chi connectivity index (χ0) is 22.8. The maximum atomic E-state index is 15.1. The number of nitrogens with two attached hydrogens (primary N) is 1. The van der Waals surface area contributed by atoms with Crippen LogP contribution in [0.25, 0.3) is 16.7 Å². The van der Waals surface area contributed by atoms with E-state index in [0.29, 0.717) is 24.7 Å². The number of carbonyl (C=O) groups is 1. The van der Waals surface area contributed by atoms with E-state index in [1.807, 2.05) is 4.90 Å². The van der Waals surface area contributed by atoms with Crippen molar-refractivity contribution in [2.75, 3.05) is 18.0 Å². The number of benzene rings is 1. The molecule has 3 heterocycles. The van der Waals surface area contributed by atoms with Gasteiger partial charge in [-0.05, 0) is 42.7 Å². The Morgan fingerprint density at radius 3 is 2.66 bits per heavy atom. The summed E-state index contributed by atoms with van der Waals surface area (Å²) in [4.78, 5) is 30.1. The molecular formula is C22H20F2N4O4. The van der Waals surface area contributed by atoms with E-state index in [-0.39, 0.29) is 28.3 Å². The van der Waals surface area contributed by atoms with Crippen molar-refractivity contribution in [1.82, 2.24) is 9.55 Å². The lowest BCUT2D eigenvalue weighted by Crippen LogP contribution is -2.55. The lowest BCUT2D eigenvalue weighted by Gasteiger charge is -2.47. The number of carboxylic acid groups (broad SMARTS) is 1. The van der Waals surface area contributed by atoms with Crippen LogP contribution in [0.4, 0.5) is 19.4 Å². The van der Waals surface area contributed by atoms with Crippen molar-refractivity contribution in [3.63, 3.8) is 0 Å². The average Bonchev–Trinajstić information content (AvgIpc) is 3.01. The Hall–Kier alpha value is -3.53. The SMILES string of the molecule is C[C@@]12CN(c3nc4c(cc3F)c(=O)c(OC(=O)O)cn4-c3ccc(F)cc3)C[C@@H]1C[C@@H]2N. The molecule has 1 aromatic carbocycles. The standard InChI is InChI=1S/C22H20F2N4O4/c1-22-10-27(8-11(22)6-17(22)25)20-15(24)7-14-18(29)16(32-21(30)31)9-28(19(14)26-20)13-4-2-12(23)3-5-13/h2-5,7,9,11,17H,6,8,10,25H2,1H3,(H,30,31)/t11-,17-,22+/m0/s1. The first-order valence-corrected chi connectivity index (χ1v) is 10.1. The van der Waals surface area contributed by atoms with Gasteiger partial charge in [-0.15, -0.1) is 0 Å². The summed E-state index contributed by atoms with van der Waals surface area (Å²) in [7, 11) is 0. The summed E-state index contributed by atoms with van der Waals surface area (Å²) in [5, 5.41) is 8.82. The van der Waals surface area contributed by atoms with Gasteiger partial charge in [-0.25, -0.2) is 18.6 Å². The van der Waals surface area contributed by atoms with Gasteiger partial charge in [-0.3, -0.25) is 9.36 Å². The number of nitrogens with zero attached hydrogens (tertiary/aromatic N) is 3. The molecule has 5 rings (SSSR count). The van der Waals surface area contributed by atoms with Gasteiger partial charge in [0.15, 0.2) is 23.0 Å². The molecule has 8 nitrogen and oxygen atoms in total. The number of fused-ring (bicyclic) bond motifs is 2. The summed E-state index contributed by atoms with van der Waals surface area (Å²) >= 11 is 0. The second-order valence-electron chi connectivity index (χ2n) is 8.63. The molecule has 1 saturated heterocycles. The number of anilines is 1. The van der Waals surface area contributed by atoms with Gasteiger partial charge in [0.25, 0.3) is 0 Å². The van der Waals surface area contributed by atoms with Gasteiger partial charge in [-0.2, -0.15) is 0 Å². The molecule has 2 aliphatic rings. The molecule has 3 atom stereocenters. The Morgan fingerprint density at radius 2 is 2.03 bits per heavy atom. The zero-order valence-electron chi connectivity index (χ0n) is 17.1. The zero-order valence-corrected chi connectivity index (χ0v) is 17.1. The van der Waals surface area contributed by atoms with Crippen LogP contribution < -0.4 is 20.8 Å². The Kier molecular flexibility index (Phi) is 4.45. The number of rotatable bonds is 3. The molecule has 3 aromatic rings. The minimum Gasteiger partial charge on any atom is -0.449 e. The van der Waals surface area contributed by atoms with E-state index in [9.17, 15) is 14.0 Å². The molecule has 0 spiro atoms. The van der Waals surface area contributed by atoms with Crippen molar-refractivity contribution in [1.29, 1.82) is 0 Å². The van der Waals surface area contributed by atoms with Gasteiger partial charge in [0.1, 0.15) is 5.82 Å². The predicted octanol–water partition coefficient (Wildman–Crippen LogP) is 2.89. The van der Waals surface area contributed by atoms with Gasteiger partial charge < -0.3 is 20.5 Å². The van der Waals surface area contributed by atoms with Crippen LogP contribution in [0.1, 0.15) is 13.3 Å². The van der Waals surface area contributed by atoms with E-state index in [0.717, 1.165) is 18.7 Å². The molecule has 32 heavy (non-hydrogen) atoms. The van der Waals surface area contributed by atoms with E-state index in [1.165, 1.54) is 28.8 Å². The lowest BCUT2D eigenvalue weighted by atomic mass is 9.60. The molecule has 2 aromatic heterocycles. The van der Waals surface area contributed by atoms with Crippen LogP contribution in [0.2, 0.25) is 0 Å². The van der Waals surface area contributed by atoms with Crippen molar-refractivity contribution in [3.8, 4) is 11.4 Å². The molecule has 1 aliphatic heterocycles. The lowest BCUT2D eigenvalue weighted by molar-refractivity contribution is 0.0721. The summed E-state index contributed by atoms with van der Waals surface area (Å²) in [5.74, 6) is -1.27. The number of hydrogen-bond donors (Lipinski definition) is 2. The van der Waals surface area contributed by atoms with Gasteiger partial charge >= 0.3 is 6.16 Å². The molecule has 166 valence electrons. The van der Waals surface area contributed by atoms with Crippen LogP contribution >= 0.6 is 0 Å². The number of halogens is 2. The molecule has 1 saturated carbocycles. The second kappa shape index (κ2) is 6.99. The Labute approximate surface area is 180 Å². The van der Waals surface area contributed by atoms with Crippen LogP contribution in [0.15, 0.2) is 41.3 Å². The fourth-order valence-electron chi connectivity index (χ4n) is 4.80. The summed E-state index contributed by atoms with van der Waals surface area (Å²) in [5.41, 5.74) is 5.74. The fourth-order valence-corrected chi connectivity index (χ4v) is 4.80. The fraction of sp³-hybridized carbons (Fsp3) is 0.318.